The molecule has 1 fully saturated rings. The summed E-state index contributed by atoms with van der Waals surface area (Å²) in [6, 6.07) is 0. The number of likely N-dealkylation sites (N-methyl/N-ethyl adjacent to an activating group) is 1. The summed E-state index contributed by atoms with van der Waals surface area (Å²) in [5.74, 6) is 0. The van der Waals surface area contributed by atoms with Crippen LogP contribution in [0.5, 0.6) is 0 Å². The van der Waals surface area contributed by atoms with Gasteiger partial charge in [-0.15, -0.1) is 0 Å². The first-order valence-corrected chi connectivity index (χ1v) is 6.44. The van der Waals surface area contributed by atoms with Gasteiger partial charge in [-0.05, 0) is 13.5 Å². The van der Waals surface area contributed by atoms with Crippen LogP contribution in [0.4, 0.5) is 5.13 Å². The fraction of sp³-hybridized carbons (Fsp3) is 0.636. The van der Waals surface area contributed by atoms with E-state index in [1.54, 1.807) is 0 Å². The highest BCUT2D eigenvalue weighted by Crippen LogP contribution is 2.26. The number of piperazine rings is 1. The lowest BCUT2D eigenvalue weighted by molar-refractivity contribution is 0.112. The molecule has 0 bridgehead atoms. The van der Waals surface area contributed by atoms with E-state index in [0.29, 0.717) is 0 Å². The standard InChI is InChI=1S/C11H17N3OS/c1-3-9-10(8-15)16-11(12-9)14-6-4-13(2)5-7-14/h8H,3-7H2,1-2H3. The molecule has 0 atom stereocenters. The molecule has 1 aromatic rings. The van der Waals surface area contributed by atoms with Gasteiger partial charge < -0.3 is 9.80 Å². The molecule has 0 N–H and O–H groups in total. The Labute approximate surface area is 99.9 Å². The smallest absolute Gasteiger partial charge is 0.186 e. The number of thiazole rings is 1. The molecule has 16 heavy (non-hydrogen) atoms. The molecule has 4 nitrogen and oxygen atoms in total. The second kappa shape index (κ2) is 4.93. The number of aromatic nitrogens is 1. The lowest BCUT2D eigenvalue weighted by Gasteiger charge is -2.32. The number of aldehydes is 1. The van der Waals surface area contributed by atoms with Crippen LogP contribution in [-0.2, 0) is 6.42 Å². The summed E-state index contributed by atoms with van der Waals surface area (Å²) in [4.78, 5) is 20.8. The zero-order chi connectivity index (χ0) is 11.5. The van der Waals surface area contributed by atoms with Crippen molar-refractivity contribution in [1.82, 2.24) is 9.88 Å². The van der Waals surface area contributed by atoms with Crippen molar-refractivity contribution in [3.63, 3.8) is 0 Å². The first-order chi connectivity index (χ1) is 7.74. The van der Waals surface area contributed by atoms with E-state index in [0.717, 1.165) is 54.6 Å². The predicted octanol–water partition coefficient (Wildman–Crippen LogP) is 1.27. The molecule has 1 aliphatic rings. The van der Waals surface area contributed by atoms with Gasteiger partial charge in [0.15, 0.2) is 11.4 Å². The first-order valence-electron chi connectivity index (χ1n) is 5.63. The molecule has 1 aliphatic heterocycles. The molecule has 5 heteroatoms. The van der Waals surface area contributed by atoms with Gasteiger partial charge in [-0.25, -0.2) is 4.98 Å². The maximum atomic E-state index is 10.9. The Balaban J connectivity index is 2.14. The van der Waals surface area contributed by atoms with Crippen LogP contribution < -0.4 is 4.90 Å². The van der Waals surface area contributed by atoms with Crippen LogP contribution in [-0.4, -0.2) is 49.4 Å². The molecule has 0 radical (unpaired) electrons. The van der Waals surface area contributed by atoms with E-state index in [-0.39, 0.29) is 0 Å². The van der Waals surface area contributed by atoms with E-state index < -0.39 is 0 Å². The van der Waals surface area contributed by atoms with Crippen LogP contribution in [0.25, 0.3) is 0 Å². The summed E-state index contributed by atoms with van der Waals surface area (Å²) < 4.78 is 0. The predicted molar refractivity (Wildman–Crippen MR) is 66.6 cm³/mol. The molecule has 0 unspecified atom stereocenters. The summed E-state index contributed by atoms with van der Waals surface area (Å²) >= 11 is 1.52. The molecule has 2 rings (SSSR count). The zero-order valence-corrected chi connectivity index (χ0v) is 10.6. The van der Waals surface area contributed by atoms with Gasteiger partial charge in [-0.2, -0.15) is 0 Å². The average molecular weight is 239 g/mol. The van der Waals surface area contributed by atoms with Crippen LogP contribution in [0.2, 0.25) is 0 Å². The summed E-state index contributed by atoms with van der Waals surface area (Å²) in [6.07, 6.45) is 1.76. The fourth-order valence-electron chi connectivity index (χ4n) is 1.83. The average Bonchev–Trinajstić information content (AvgIpc) is 2.73. The molecule has 2 heterocycles. The second-order valence-corrected chi connectivity index (χ2v) is 5.08. The van der Waals surface area contributed by atoms with Gasteiger partial charge in [-0.1, -0.05) is 18.3 Å². The minimum absolute atomic E-state index is 0.788. The third-order valence-corrected chi connectivity index (χ3v) is 4.02. The maximum absolute atomic E-state index is 10.9. The normalized spacial score (nSPS) is 17.8. The van der Waals surface area contributed by atoms with E-state index >= 15 is 0 Å². The van der Waals surface area contributed by atoms with E-state index in [1.165, 1.54) is 11.3 Å². The van der Waals surface area contributed by atoms with E-state index in [9.17, 15) is 4.79 Å². The van der Waals surface area contributed by atoms with Crippen molar-refractivity contribution in [2.45, 2.75) is 13.3 Å². The number of rotatable bonds is 3. The third kappa shape index (κ3) is 2.25. The molecule has 1 aromatic heterocycles. The summed E-state index contributed by atoms with van der Waals surface area (Å²) in [5, 5.41) is 1.01. The highest BCUT2D eigenvalue weighted by molar-refractivity contribution is 7.17. The lowest BCUT2D eigenvalue weighted by Crippen LogP contribution is -2.44. The summed E-state index contributed by atoms with van der Waals surface area (Å²) in [6.45, 7) is 6.18. The van der Waals surface area contributed by atoms with Crippen molar-refractivity contribution in [2.75, 3.05) is 38.1 Å². The highest BCUT2D eigenvalue weighted by atomic mass is 32.1. The van der Waals surface area contributed by atoms with Crippen molar-refractivity contribution in [2.24, 2.45) is 0 Å². The second-order valence-electron chi connectivity index (χ2n) is 4.07. The Bertz CT molecular complexity index is 369. The SMILES string of the molecule is CCc1nc(N2CCN(C)CC2)sc1C=O. The molecular weight excluding hydrogens is 222 g/mol. The summed E-state index contributed by atoms with van der Waals surface area (Å²) in [5.41, 5.74) is 0.939. The number of aryl methyl sites for hydroxylation is 1. The molecule has 88 valence electrons. The molecule has 0 saturated carbocycles. The number of hydrogen-bond acceptors (Lipinski definition) is 5. The fourth-order valence-corrected chi connectivity index (χ4v) is 2.85. The topological polar surface area (TPSA) is 36.4 Å². The third-order valence-electron chi connectivity index (χ3n) is 2.93. The van der Waals surface area contributed by atoms with Gasteiger partial charge in [0.1, 0.15) is 0 Å². The zero-order valence-electron chi connectivity index (χ0n) is 9.77. The number of hydrogen-bond donors (Lipinski definition) is 0. The van der Waals surface area contributed by atoms with Crippen LogP contribution in [0.3, 0.4) is 0 Å². The summed E-state index contributed by atoms with van der Waals surface area (Å²) in [7, 11) is 2.13. The quantitative estimate of drug-likeness (QED) is 0.744. The number of carbonyl (C=O) groups excluding carboxylic acids is 1. The number of nitrogens with zero attached hydrogens (tertiary/aromatic N) is 3. The minimum Gasteiger partial charge on any atom is -0.346 e. The van der Waals surface area contributed by atoms with Crippen molar-refractivity contribution < 1.29 is 4.79 Å². The molecule has 0 aliphatic carbocycles. The van der Waals surface area contributed by atoms with Crippen molar-refractivity contribution in [1.29, 1.82) is 0 Å². The molecular formula is C11H17N3OS. The highest BCUT2D eigenvalue weighted by Gasteiger charge is 2.18. The largest absolute Gasteiger partial charge is 0.346 e. The van der Waals surface area contributed by atoms with Gasteiger partial charge in [0.2, 0.25) is 0 Å². The van der Waals surface area contributed by atoms with Crippen LogP contribution in [0.1, 0.15) is 22.3 Å². The lowest BCUT2D eigenvalue weighted by atomic mass is 10.3. The Kier molecular flexibility index (Phi) is 3.56. The van der Waals surface area contributed by atoms with E-state index in [1.807, 2.05) is 6.92 Å². The van der Waals surface area contributed by atoms with Crippen molar-refractivity contribution in [3.05, 3.63) is 10.6 Å². The number of carbonyl (C=O) groups is 1. The van der Waals surface area contributed by atoms with E-state index in [4.69, 9.17) is 0 Å². The van der Waals surface area contributed by atoms with Gasteiger partial charge in [0.05, 0.1) is 10.6 Å². The molecule has 1 saturated heterocycles. The Morgan fingerprint density at radius 3 is 2.56 bits per heavy atom. The molecule has 0 amide bonds. The Morgan fingerprint density at radius 2 is 2.06 bits per heavy atom. The molecule has 0 spiro atoms. The van der Waals surface area contributed by atoms with Crippen molar-refractivity contribution >= 4 is 22.8 Å². The van der Waals surface area contributed by atoms with Gasteiger partial charge in [0, 0.05) is 26.2 Å². The van der Waals surface area contributed by atoms with Crippen LogP contribution in [0.15, 0.2) is 0 Å². The Morgan fingerprint density at radius 1 is 1.38 bits per heavy atom. The van der Waals surface area contributed by atoms with Gasteiger partial charge in [-0.3, -0.25) is 4.79 Å². The van der Waals surface area contributed by atoms with Gasteiger partial charge in [0.25, 0.3) is 0 Å². The first kappa shape index (κ1) is 11.5. The molecule has 0 aromatic carbocycles. The van der Waals surface area contributed by atoms with Gasteiger partial charge >= 0.3 is 0 Å². The van der Waals surface area contributed by atoms with Crippen LogP contribution in [0, 0.1) is 0 Å². The minimum atomic E-state index is 0.788. The monoisotopic (exact) mass is 239 g/mol. The van der Waals surface area contributed by atoms with Crippen LogP contribution >= 0.6 is 11.3 Å². The number of anilines is 1. The maximum Gasteiger partial charge on any atom is 0.186 e. The van der Waals surface area contributed by atoms with E-state index in [2.05, 4.69) is 21.8 Å². The Hall–Kier alpha value is -0.940. The van der Waals surface area contributed by atoms with Crippen molar-refractivity contribution in [3.8, 4) is 0 Å².